The van der Waals surface area contributed by atoms with Crippen LogP contribution in [0, 0.1) is 13.8 Å². The molecular weight excluding hydrogens is 194 g/mol. The molecule has 0 aromatic carbocycles. The second kappa shape index (κ2) is 4.14. The van der Waals surface area contributed by atoms with Crippen LogP contribution in [0.4, 0.5) is 0 Å². The second-order valence-corrected chi connectivity index (χ2v) is 3.31. The quantitative estimate of drug-likeness (QED) is 0.236. The van der Waals surface area contributed by atoms with Gasteiger partial charge in [0.15, 0.2) is 0 Å². The van der Waals surface area contributed by atoms with E-state index in [2.05, 4.69) is 15.5 Å². The van der Waals surface area contributed by atoms with Gasteiger partial charge in [-0.1, -0.05) is 0 Å². The zero-order valence-electron chi connectivity index (χ0n) is 9.01. The van der Waals surface area contributed by atoms with Crippen LogP contribution in [0.2, 0.25) is 0 Å². The number of aryl methyl sites for hydroxylation is 1. The van der Waals surface area contributed by atoms with Crippen molar-refractivity contribution in [2.45, 2.75) is 20.8 Å². The van der Waals surface area contributed by atoms with Gasteiger partial charge in [-0.3, -0.25) is 10.2 Å². The second-order valence-electron chi connectivity index (χ2n) is 3.31. The molecule has 0 radical (unpaired) electrons. The van der Waals surface area contributed by atoms with Crippen LogP contribution < -0.4 is 17.1 Å². The topological polar surface area (TPSA) is 109 Å². The van der Waals surface area contributed by atoms with Crippen molar-refractivity contribution in [3.8, 4) is 0 Å². The van der Waals surface area contributed by atoms with Crippen molar-refractivity contribution in [1.29, 1.82) is 0 Å². The van der Waals surface area contributed by atoms with Gasteiger partial charge < -0.3 is 10.8 Å². The van der Waals surface area contributed by atoms with Crippen molar-refractivity contribution in [2.75, 3.05) is 0 Å². The third kappa shape index (κ3) is 1.84. The Balaban J connectivity index is 3.33. The van der Waals surface area contributed by atoms with Crippen LogP contribution in [0.1, 0.15) is 34.2 Å². The number of nitrogens with one attached hydrogen (secondary N) is 2. The first-order valence-electron chi connectivity index (χ1n) is 4.47. The lowest BCUT2D eigenvalue weighted by Gasteiger charge is -2.00. The van der Waals surface area contributed by atoms with Gasteiger partial charge in [0.05, 0.1) is 5.71 Å². The van der Waals surface area contributed by atoms with Crippen LogP contribution in [0.3, 0.4) is 0 Å². The van der Waals surface area contributed by atoms with Crippen LogP contribution in [0.25, 0.3) is 0 Å². The van der Waals surface area contributed by atoms with Crippen molar-refractivity contribution in [3.63, 3.8) is 0 Å². The fourth-order valence-electron chi connectivity index (χ4n) is 1.66. The third-order valence-corrected chi connectivity index (χ3v) is 2.35. The average Bonchev–Trinajstić information content (AvgIpc) is 2.52. The number of nitrogen functional groups attached to an aromatic ring is 1. The number of nitrogens with two attached hydrogens (primary N) is 2. The summed E-state index contributed by atoms with van der Waals surface area (Å²) in [6, 6.07) is 0. The summed E-state index contributed by atoms with van der Waals surface area (Å²) in [5.41, 5.74) is 5.69. The summed E-state index contributed by atoms with van der Waals surface area (Å²) < 4.78 is 0. The third-order valence-electron chi connectivity index (χ3n) is 2.35. The van der Waals surface area contributed by atoms with E-state index >= 15 is 0 Å². The fourth-order valence-corrected chi connectivity index (χ4v) is 1.66. The first-order valence-corrected chi connectivity index (χ1v) is 4.47. The highest BCUT2D eigenvalue weighted by atomic mass is 16.2. The largest absolute Gasteiger partial charge is 0.354 e. The zero-order chi connectivity index (χ0) is 11.6. The van der Waals surface area contributed by atoms with Gasteiger partial charge in [-0.15, -0.1) is 0 Å². The maximum Gasteiger partial charge on any atom is 0.281 e. The molecular formula is C9H15N5O. The van der Waals surface area contributed by atoms with Crippen LogP contribution in [0.15, 0.2) is 5.10 Å². The van der Waals surface area contributed by atoms with Crippen molar-refractivity contribution in [3.05, 3.63) is 22.5 Å². The van der Waals surface area contributed by atoms with Crippen LogP contribution in [0.5, 0.6) is 0 Å². The number of hydrazine groups is 1. The highest BCUT2D eigenvalue weighted by Crippen LogP contribution is 2.18. The number of hydrogen-bond donors (Lipinski definition) is 4. The normalized spacial score (nSPS) is 11.6. The fraction of sp³-hybridized carbons (Fsp3) is 0.333. The van der Waals surface area contributed by atoms with E-state index < -0.39 is 0 Å². The van der Waals surface area contributed by atoms with Gasteiger partial charge in [0, 0.05) is 11.3 Å². The molecule has 1 aromatic rings. The molecule has 0 bridgehead atoms. The Morgan fingerprint density at radius 3 is 2.53 bits per heavy atom. The van der Waals surface area contributed by atoms with Gasteiger partial charge in [-0.05, 0) is 26.3 Å². The molecule has 15 heavy (non-hydrogen) atoms. The summed E-state index contributed by atoms with van der Waals surface area (Å²) in [4.78, 5) is 14.3. The van der Waals surface area contributed by atoms with Crippen molar-refractivity contribution >= 4 is 11.6 Å². The molecule has 6 nitrogen and oxygen atoms in total. The van der Waals surface area contributed by atoms with E-state index in [-0.39, 0.29) is 5.91 Å². The van der Waals surface area contributed by atoms with Gasteiger partial charge in [0.1, 0.15) is 5.69 Å². The molecule has 82 valence electrons. The predicted octanol–water partition coefficient (Wildman–Crippen LogP) is -0.0823. The molecule has 0 saturated heterocycles. The molecule has 6 N–H and O–H groups in total. The van der Waals surface area contributed by atoms with E-state index in [1.165, 1.54) is 0 Å². The molecule has 0 unspecified atom stereocenters. The summed E-state index contributed by atoms with van der Waals surface area (Å²) >= 11 is 0. The molecule has 0 aliphatic rings. The number of nitrogens with zero attached hydrogens (tertiary/aromatic N) is 1. The molecule has 1 amide bonds. The van der Waals surface area contributed by atoms with E-state index in [1.54, 1.807) is 6.92 Å². The van der Waals surface area contributed by atoms with Crippen LogP contribution in [-0.2, 0) is 0 Å². The van der Waals surface area contributed by atoms with Crippen molar-refractivity contribution < 1.29 is 4.79 Å². The maximum atomic E-state index is 11.4. The Bertz CT molecular complexity index is 418. The summed E-state index contributed by atoms with van der Waals surface area (Å²) in [5, 5.41) is 3.61. The first-order chi connectivity index (χ1) is 7.02. The van der Waals surface area contributed by atoms with E-state index in [0.29, 0.717) is 11.4 Å². The van der Waals surface area contributed by atoms with Gasteiger partial charge in [-0.2, -0.15) is 5.10 Å². The number of aromatic nitrogens is 1. The number of rotatable bonds is 2. The lowest BCUT2D eigenvalue weighted by atomic mass is 10.1. The standard InChI is InChI=1S/C9H15N5O/c1-4-7(6(3)13-10)5(2)12-8(4)9(15)14-11/h12H,10-11H2,1-3H3,(H,14,15). The van der Waals surface area contributed by atoms with Gasteiger partial charge in [0.2, 0.25) is 0 Å². The molecule has 0 atom stereocenters. The average molecular weight is 209 g/mol. The Labute approximate surface area is 87.7 Å². The molecule has 1 rings (SSSR count). The SMILES string of the molecule is CC(=NN)c1c(C)[nH]c(C(=O)NN)c1C. The number of hydrazone groups is 1. The van der Waals surface area contributed by atoms with Gasteiger partial charge in [-0.25, -0.2) is 5.84 Å². The molecule has 1 aromatic heterocycles. The number of amides is 1. The van der Waals surface area contributed by atoms with E-state index in [1.807, 2.05) is 13.8 Å². The number of hydrogen-bond acceptors (Lipinski definition) is 4. The molecule has 0 fully saturated rings. The minimum atomic E-state index is -0.355. The summed E-state index contributed by atoms with van der Waals surface area (Å²) in [7, 11) is 0. The van der Waals surface area contributed by atoms with E-state index in [0.717, 1.165) is 16.8 Å². The van der Waals surface area contributed by atoms with Crippen LogP contribution >= 0.6 is 0 Å². The summed E-state index contributed by atoms with van der Waals surface area (Å²) in [6.45, 7) is 5.45. The molecule has 0 aliphatic heterocycles. The van der Waals surface area contributed by atoms with E-state index in [4.69, 9.17) is 11.7 Å². The lowest BCUT2D eigenvalue weighted by molar-refractivity contribution is 0.0948. The first kappa shape index (κ1) is 11.3. The summed E-state index contributed by atoms with van der Waals surface area (Å²) in [6.07, 6.45) is 0. The Hall–Kier alpha value is -1.82. The monoisotopic (exact) mass is 209 g/mol. The number of aromatic amines is 1. The summed E-state index contributed by atoms with van der Waals surface area (Å²) in [5.74, 6) is 9.92. The molecule has 1 heterocycles. The Kier molecular flexibility index (Phi) is 3.11. The van der Waals surface area contributed by atoms with Crippen LogP contribution in [-0.4, -0.2) is 16.6 Å². The molecule has 0 saturated carbocycles. The zero-order valence-corrected chi connectivity index (χ0v) is 9.01. The van der Waals surface area contributed by atoms with Crippen molar-refractivity contribution in [1.82, 2.24) is 10.4 Å². The number of carbonyl (C=O) groups is 1. The molecule has 0 aliphatic carbocycles. The van der Waals surface area contributed by atoms with E-state index in [9.17, 15) is 4.79 Å². The highest BCUT2D eigenvalue weighted by Gasteiger charge is 2.17. The minimum Gasteiger partial charge on any atom is -0.354 e. The van der Waals surface area contributed by atoms with Crippen molar-refractivity contribution in [2.24, 2.45) is 16.8 Å². The Morgan fingerprint density at radius 1 is 1.47 bits per heavy atom. The van der Waals surface area contributed by atoms with Gasteiger partial charge >= 0.3 is 0 Å². The highest BCUT2D eigenvalue weighted by molar-refractivity contribution is 6.04. The number of carbonyl (C=O) groups excluding carboxylic acids is 1. The number of H-pyrrole nitrogens is 1. The lowest BCUT2D eigenvalue weighted by Crippen LogP contribution is -2.30. The smallest absolute Gasteiger partial charge is 0.281 e. The molecule has 6 heteroatoms. The molecule has 0 spiro atoms. The Morgan fingerprint density at radius 2 is 2.07 bits per heavy atom. The van der Waals surface area contributed by atoms with Gasteiger partial charge in [0.25, 0.3) is 5.91 Å². The predicted molar refractivity (Wildman–Crippen MR) is 58.3 cm³/mol. The maximum absolute atomic E-state index is 11.4. The minimum absolute atomic E-state index is 0.355.